The van der Waals surface area contributed by atoms with Crippen LogP contribution in [0.15, 0.2) is 12.8 Å². The van der Waals surface area contributed by atoms with Crippen LogP contribution in [0.4, 0.5) is 0 Å². The van der Waals surface area contributed by atoms with Crippen molar-refractivity contribution < 1.29 is 19.3 Å². The Balaban J connectivity index is 2.77. The normalized spacial score (nSPS) is 9.75. The molecule has 0 bridgehead atoms. The summed E-state index contributed by atoms with van der Waals surface area (Å²) in [5, 5.41) is 8.34. The molecule has 0 saturated carbocycles. The minimum absolute atomic E-state index is 0.0551. The molecule has 0 fully saturated rings. The van der Waals surface area contributed by atoms with Crippen molar-refractivity contribution in [2.75, 3.05) is 39.6 Å². The van der Waals surface area contributed by atoms with Gasteiger partial charge in [0.2, 0.25) is 0 Å². The van der Waals surface area contributed by atoms with Gasteiger partial charge in [-0.15, -0.1) is 0 Å². The second-order valence-electron chi connectivity index (χ2n) is 1.99. The average Bonchev–Trinajstić information content (AvgIpc) is 2.10. The zero-order chi connectivity index (χ0) is 9.07. The largest absolute Gasteiger partial charge is 0.499 e. The van der Waals surface area contributed by atoms with Crippen molar-refractivity contribution in [2.45, 2.75) is 0 Å². The molecule has 0 spiro atoms. The fraction of sp³-hybridized carbons (Fsp3) is 0.750. The van der Waals surface area contributed by atoms with Gasteiger partial charge < -0.3 is 19.3 Å². The maximum atomic E-state index is 8.34. The Morgan fingerprint density at radius 1 is 1.00 bits per heavy atom. The summed E-state index contributed by atoms with van der Waals surface area (Å²) in [6.45, 7) is 5.90. The highest BCUT2D eigenvalue weighted by Gasteiger charge is 1.88. The van der Waals surface area contributed by atoms with Crippen molar-refractivity contribution in [2.24, 2.45) is 0 Å². The highest BCUT2D eigenvalue weighted by Crippen LogP contribution is 1.80. The molecule has 0 heterocycles. The van der Waals surface area contributed by atoms with Crippen molar-refractivity contribution in [1.29, 1.82) is 0 Å². The van der Waals surface area contributed by atoms with Crippen LogP contribution in [0.2, 0.25) is 0 Å². The van der Waals surface area contributed by atoms with Gasteiger partial charge in [-0.05, 0) is 0 Å². The SMILES string of the molecule is C=COCCOCCOCCO. The van der Waals surface area contributed by atoms with Gasteiger partial charge in [-0.3, -0.25) is 0 Å². The maximum absolute atomic E-state index is 8.34. The number of ether oxygens (including phenoxy) is 3. The highest BCUT2D eigenvalue weighted by molar-refractivity contribution is 4.47. The Kier molecular flexibility index (Phi) is 9.92. The third-order valence-corrected chi connectivity index (χ3v) is 1.07. The van der Waals surface area contributed by atoms with Gasteiger partial charge in [-0.25, -0.2) is 0 Å². The molecule has 0 aliphatic heterocycles. The minimum atomic E-state index is 0.0551. The first kappa shape index (κ1) is 11.4. The molecule has 0 atom stereocenters. The second kappa shape index (κ2) is 10.4. The lowest BCUT2D eigenvalue weighted by Gasteiger charge is -2.03. The molecule has 1 N–H and O–H groups in total. The van der Waals surface area contributed by atoms with Gasteiger partial charge in [-0.2, -0.15) is 0 Å². The summed E-state index contributed by atoms with van der Waals surface area (Å²) in [4.78, 5) is 0. The van der Waals surface area contributed by atoms with Crippen molar-refractivity contribution in [1.82, 2.24) is 0 Å². The van der Waals surface area contributed by atoms with Gasteiger partial charge in [0.05, 0.1) is 39.3 Å². The lowest BCUT2D eigenvalue weighted by atomic mass is 10.7. The summed E-state index contributed by atoms with van der Waals surface area (Å²) in [6.07, 6.45) is 1.38. The molecule has 0 aromatic heterocycles. The number of aliphatic hydroxyl groups is 1. The van der Waals surface area contributed by atoms with Crippen LogP contribution in [0.1, 0.15) is 0 Å². The zero-order valence-electron chi connectivity index (χ0n) is 7.20. The first-order valence-electron chi connectivity index (χ1n) is 3.90. The van der Waals surface area contributed by atoms with E-state index in [-0.39, 0.29) is 6.61 Å². The summed E-state index contributed by atoms with van der Waals surface area (Å²) in [5.41, 5.74) is 0. The predicted octanol–water partition coefficient (Wildman–Crippen LogP) is 0.172. The predicted molar refractivity (Wildman–Crippen MR) is 44.9 cm³/mol. The molecule has 72 valence electrons. The molecule has 4 nitrogen and oxygen atoms in total. The molecule has 0 aromatic rings. The monoisotopic (exact) mass is 176 g/mol. The van der Waals surface area contributed by atoms with E-state index >= 15 is 0 Å². The van der Waals surface area contributed by atoms with Crippen LogP contribution in [0.3, 0.4) is 0 Å². The van der Waals surface area contributed by atoms with Gasteiger partial charge in [0.15, 0.2) is 0 Å². The van der Waals surface area contributed by atoms with E-state index in [4.69, 9.17) is 19.3 Å². The molecule has 0 amide bonds. The van der Waals surface area contributed by atoms with Crippen molar-refractivity contribution in [3.63, 3.8) is 0 Å². The average molecular weight is 176 g/mol. The first-order valence-corrected chi connectivity index (χ1v) is 3.90. The zero-order valence-corrected chi connectivity index (χ0v) is 7.20. The summed E-state index contributed by atoms with van der Waals surface area (Å²) >= 11 is 0. The Bertz CT molecular complexity index is 95.1. The van der Waals surface area contributed by atoms with E-state index in [0.717, 1.165) is 0 Å². The van der Waals surface area contributed by atoms with Gasteiger partial charge in [0.1, 0.15) is 6.61 Å². The molecule has 0 saturated heterocycles. The lowest BCUT2D eigenvalue weighted by molar-refractivity contribution is 0.0204. The number of rotatable bonds is 9. The second-order valence-corrected chi connectivity index (χ2v) is 1.99. The summed E-state index contributed by atoms with van der Waals surface area (Å²) in [7, 11) is 0. The first-order chi connectivity index (χ1) is 5.91. The van der Waals surface area contributed by atoms with E-state index in [1.165, 1.54) is 6.26 Å². The van der Waals surface area contributed by atoms with Crippen molar-refractivity contribution in [3.8, 4) is 0 Å². The van der Waals surface area contributed by atoms with E-state index in [0.29, 0.717) is 33.0 Å². The van der Waals surface area contributed by atoms with Crippen LogP contribution in [0.5, 0.6) is 0 Å². The van der Waals surface area contributed by atoms with Crippen LogP contribution < -0.4 is 0 Å². The van der Waals surface area contributed by atoms with Crippen molar-refractivity contribution in [3.05, 3.63) is 12.8 Å². The van der Waals surface area contributed by atoms with Crippen LogP contribution in [-0.4, -0.2) is 44.7 Å². The minimum Gasteiger partial charge on any atom is -0.499 e. The summed E-state index contributed by atoms with van der Waals surface area (Å²) in [5.74, 6) is 0. The fourth-order valence-electron chi connectivity index (χ4n) is 0.577. The highest BCUT2D eigenvalue weighted by atomic mass is 16.5. The number of hydrogen-bond donors (Lipinski definition) is 1. The van der Waals surface area contributed by atoms with Gasteiger partial charge in [0.25, 0.3) is 0 Å². The Hall–Kier alpha value is -0.580. The third-order valence-electron chi connectivity index (χ3n) is 1.07. The molecular formula is C8H16O4. The smallest absolute Gasteiger partial charge is 0.111 e. The molecule has 0 unspecified atom stereocenters. The quantitative estimate of drug-likeness (QED) is 0.402. The Labute approximate surface area is 72.7 Å². The fourth-order valence-corrected chi connectivity index (χ4v) is 0.577. The summed E-state index contributed by atoms with van der Waals surface area (Å²) in [6, 6.07) is 0. The number of hydrogen-bond acceptors (Lipinski definition) is 4. The molecular weight excluding hydrogens is 160 g/mol. The molecule has 0 aliphatic carbocycles. The topological polar surface area (TPSA) is 47.9 Å². The van der Waals surface area contributed by atoms with Gasteiger partial charge in [0, 0.05) is 0 Å². The van der Waals surface area contributed by atoms with Crippen LogP contribution in [0.25, 0.3) is 0 Å². The lowest BCUT2D eigenvalue weighted by Crippen LogP contribution is -2.09. The standard InChI is InChI=1S/C8H16O4/c1-2-10-5-6-12-8-7-11-4-3-9/h2,9H,1,3-8H2. The van der Waals surface area contributed by atoms with Gasteiger partial charge >= 0.3 is 0 Å². The molecule has 0 aliphatic rings. The van der Waals surface area contributed by atoms with Crippen LogP contribution >= 0.6 is 0 Å². The van der Waals surface area contributed by atoms with E-state index in [2.05, 4.69) is 6.58 Å². The van der Waals surface area contributed by atoms with Crippen LogP contribution in [0, 0.1) is 0 Å². The Morgan fingerprint density at radius 2 is 1.58 bits per heavy atom. The molecule has 0 radical (unpaired) electrons. The maximum Gasteiger partial charge on any atom is 0.111 e. The van der Waals surface area contributed by atoms with Gasteiger partial charge in [-0.1, -0.05) is 6.58 Å². The summed E-state index contributed by atoms with van der Waals surface area (Å²) < 4.78 is 14.9. The molecule has 0 rings (SSSR count). The molecule has 12 heavy (non-hydrogen) atoms. The molecule has 4 heteroatoms. The van der Waals surface area contributed by atoms with E-state index in [1.807, 2.05) is 0 Å². The van der Waals surface area contributed by atoms with E-state index in [1.54, 1.807) is 0 Å². The third kappa shape index (κ3) is 9.42. The van der Waals surface area contributed by atoms with E-state index in [9.17, 15) is 0 Å². The number of aliphatic hydroxyl groups excluding tert-OH is 1. The van der Waals surface area contributed by atoms with Crippen LogP contribution in [-0.2, 0) is 14.2 Å². The Morgan fingerprint density at radius 3 is 2.17 bits per heavy atom. The molecule has 0 aromatic carbocycles. The van der Waals surface area contributed by atoms with E-state index < -0.39 is 0 Å². The van der Waals surface area contributed by atoms with Crippen molar-refractivity contribution >= 4 is 0 Å².